The highest BCUT2D eigenvalue weighted by Gasteiger charge is 2.21. The maximum Gasteiger partial charge on any atom is 0.240 e. The van der Waals surface area contributed by atoms with Crippen LogP contribution in [0.25, 0.3) is 0 Å². The minimum Gasteiger partial charge on any atom is -0.355 e. The smallest absolute Gasteiger partial charge is 0.240 e. The van der Waals surface area contributed by atoms with Gasteiger partial charge in [-0.3, -0.25) is 4.79 Å². The lowest BCUT2D eigenvalue weighted by Gasteiger charge is -2.27. The highest BCUT2D eigenvalue weighted by Crippen LogP contribution is 2.23. The van der Waals surface area contributed by atoms with Gasteiger partial charge in [0.05, 0.1) is 4.90 Å². The van der Waals surface area contributed by atoms with E-state index in [9.17, 15) is 13.2 Å². The van der Waals surface area contributed by atoms with Crippen molar-refractivity contribution in [2.45, 2.75) is 31.1 Å². The molecule has 25 heavy (non-hydrogen) atoms. The molecule has 1 aliphatic rings. The van der Waals surface area contributed by atoms with E-state index in [4.69, 9.17) is 0 Å². The van der Waals surface area contributed by atoms with Crippen molar-refractivity contribution >= 4 is 28.3 Å². The first kappa shape index (κ1) is 21.9. The van der Waals surface area contributed by atoms with Crippen molar-refractivity contribution in [3.8, 4) is 0 Å². The van der Waals surface area contributed by atoms with Crippen molar-refractivity contribution < 1.29 is 13.2 Å². The van der Waals surface area contributed by atoms with Gasteiger partial charge in [0.15, 0.2) is 0 Å². The van der Waals surface area contributed by atoms with Crippen LogP contribution in [0.5, 0.6) is 0 Å². The van der Waals surface area contributed by atoms with E-state index in [1.165, 1.54) is 0 Å². The van der Waals surface area contributed by atoms with Gasteiger partial charge in [-0.1, -0.05) is 25.1 Å². The molecule has 0 saturated carbocycles. The fourth-order valence-corrected chi connectivity index (χ4v) is 4.07. The Balaban J connectivity index is 0.00000312. The minimum atomic E-state index is -3.51. The van der Waals surface area contributed by atoms with E-state index >= 15 is 0 Å². The molecule has 1 atom stereocenters. The van der Waals surface area contributed by atoms with Crippen molar-refractivity contribution in [1.82, 2.24) is 15.4 Å². The molecule has 1 unspecified atom stereocenters. The number of halogens is 1. The second-order valence-corrected chi connectivity index (χ2v) is 8.10. The summed E-state index contributed by atoms with van der Waals surface area (Å²) in [6.45, 7) is 4.65. The SMILES string of the molecule is CC(CC(=O)NCCNS(=O)(=O)c1ccccc1)C1CCNCC1.Cl. The standard InChI is InChI=1S/C17H27N3O3S.ClH/c1-14(15-7-9-18-10-8-15)13-17(21)19-11-12-20-24(22,23)16-5-3-2-4-6-16;/h2-6,14-15,18,20H,7-13H2,1H3,(H,19,21);1H. The Hall–Kier alpha value is -1.15. The van der Waals surface area contributed by atoms with Crippen LogP contribution in [-0.4, -0.2) is 40.5 Å². The molecule has 1 heterocycles. The summed E-state index contributed by atoms with van der Waals surface area (Å²) >= 11 is 0. The van der Waals surface area contributed by atoms with Crippen LogP contribution in [0.2, 0.25) is 0 Å². The van der Waals surface area contributed by atoms with Crippen LogP contribution in [0.4, 0.5) is 0 Å². The molecule has 0 aromatic heterocycles. The summed E-state index contributed by atoms with van der Waals surface area (Å²) in [4.78, 5) is 12.2. The molecule has 8 heteroatoms. The largest absolute Gasteiger partial charge is 0.355 e. The summed E-state index contributed by atoms with van der Waals surface area (Å²) in [6.07, 6.45) is 2.73. The predicted molar refractivity (Wildman–Crippen MR) is 101 cm³/mol. The zero-order valence-electron chi connectivity index (χ0n) is 14.5. The molecule has 3 N–H and O–H groups in total. The first-order valence-electron chi connectivity index (χ1n) is 8.51. The van der Waals surface area contributed by atoms with Crippen LogP contribution >= 0.6 is 12.4 Å². The number of carbonyl (C=O) groups excluding carboxylic acids is 1. The molecule has 1 saturated heterocycles. The van der Waals surface area contributed by atoms with Crippen LogP contribution in [0.15, 0.2) is 35.2 Å². The van der Waals surface area contributed by atoms with Gasteiger partial charge in [0.2, 0.25) is 15.9 Å². The molecule has 142 valence electrons. The van der Waals surface area contributed by atoms with Crippen molar-refractivity contribution in [2.75, 3.05) is 26.2 Å². The van der Waals surface area contributed by atoms with Gasteiger partial charge in [-0.2, -0.15) is 0 Å². The monoisotopic (exact) mass is 389 g/mol. The van der Waals surface area contributed by atoms with Gasteiger partial charge in [0.1, 0.15) is 0 Å². The normalized spacial score (nSPS) is 16.7. The zero-order valence-corrected chi connectivity index (χ0v) is 16.2. The summed E-state index contributed by atoms with van der Waals surface area (Å²) in [5.41, 5.74) is 0. The quantitative estimate of drug-likeness (QED) is 0.588. The van der Waals surface area contributed by atoms with E-state index in [2.05, 4.69) is 22.3 Å². The first-order chi connectivity index (χ1) is 11.5. The molecule has 1 aromatic carbocycles. The Morgan fingerprint density at radius 1 is 1.20 bits per heavy atom. The van der Waals surface area contributed by atoms with Crippen molar-refractivity contribution in [3.05, 3.63) is 30.3 Å². The third-order valence-electron chi connectivity index (χ3n) is 4.49. The second kappa shape index (κ2) is 10.8. The average molecular weight is 390 g/mol. The summed E-state index contributed by atoms with van der Waals surface area (Å²) < 4.78 is 26.6. The molecule has 6 nitrogen and oxygen atoms in total. The second-order valence-electron chi connectivity index (χ2n) is 6.33. The Bertz CT molecular complexity index is 619. The molecule has 0 bridgehead atoms. The molecule has 1 fully saturated rings. The average Bonchev–Trinajstić information content (AvgIpc) is 2.60. The number of piperidine rings is 1. The van der Waals surface area contributed by atoms with Gasteiger partial charge in [-0.15, -0.1) is 12.4 Å². The Labute approximate surface area is 156 Å². The maximum absolute atomic E-state index is 12.0. The molecule has 0 radical (unpaired) electrons. The molecule has 1 amide bonds. The van der Waals surface area contributed by atoms with Crippen molar-refractivity contribution in [2.24, 2.45) is 11.8 Å². The van der Waals surface area contributed by atoms with Crippen LogP contribution in [-0.2, 0) is 14.8 Å². The highest BCUT2D eigenvalue weighted by molar-refractivity contribution is 7.89. The highest BCUT2D eigenvalue weighted by atomic mass is 35.5. The van der Waals surface area contributed by atoms with Gasteiger partial charge in [-0.25, -0.2) is 13.1 Å². The fourth-order valence-electron chi connectivity index (χ4n) is 3.01. The maximum atomic E-state index is 12.0. The van der Waals surface area contributed by atoms with Crippen LogP contribution in [0.3, 0.4) is 0 Å². The summed E-state index contributed by atoms with van der Waals surface area (Å²) in [7, 11) is -3.51. The van der Waals surface area contributed by atoms with Gasteiger partial charge in [0, 0.05) is 19.5 Å². The van der Waals surface area contributed by atoms with Crippen molar-refractivity contribution in [3.63, 3.8) is 0 Å². The third-order valence-corrected chi connectivity index (χ3v) is 5.97. The molecular formula is C17H28ClN3O3S. The van der Waals surface area contributed by atoms with Gasteiger partial charge < -0.3 is 10.6 Å². The topological polar surface area (TPSA) is 87.3 Å². The van der Waals surface area contributed by atoms with E-state index in [1.54, 1.807) is 30.3 Å². The van der Waals surface area contributed by atoms with Gasteiger partial charge in [-0.05, 0) is 49.9 Å². The number of rotatable bonds is 8. The minimum absolute atomic E-state index is 0. The number of hydrogen-bond donors (Lipinski definition) is 3. The number of sulfonamides is 1. The predicted octanol–water partition coefficient (Wildman–Crippen LogP) is 1.53. The molecule has 1 aromatic rings. The third kappa shape index (κ3) is 7.32. The lowest BCUT2D eigenvalue weighted by Crippen LogP contribution is -2.36. The zero-order chi connectivity index (χ0) is 17.4. The van der Waals surface area contributed by atoms with Crippen LogP contribution in [0, 0.1) is 11.8 Å². The molecular weight excluding hydrogens is 362 g/mol. The van der Waals surface area contributed by atoms with Gasteiger partial charge in [0.25, 0.3) is 0 Å². The summed E-state index contributed by atoms with van der Waals surface area (Å²) in [5, 5.41) is 6.12. The number of nitrogens with one attached hydrogen (secondary N) is 3. The Kier molecular flexibility index (Phi) is 9.42. The van der Waals surface area contributed by atoms with E-state index in [-0.39, 0.29) is 29.8 Å². The summed E-state index contributed by atoms with van der Waals surface area (Å²) in [6, 6.07) is 8.21. The van der Waals surface area contributed by atoms with E-state index < -0.39 is 10.0 Å². The molecule has 1 aliphatic heterocycles. The fraction of sp³-hybridized carbons (Fsp3) is 0.588. The van der Waals surface area contributed by atoms with Crippen LogP contribution < -0.4 is 15.4 Å². The number of amides is 1. The van der Waals surface area contributed by atoms with E-state index in [0.717, 1.165) is 25.9 Å². The Morgan fingerprint density at radius 3 is 2.48 bits per heavy atom. The van der Waals surface area contributed by atoms with Crippen molar-refractivity contribution in [1.29, 1.82) is 0 Å². The first-order valence-corrected chi connectivity index (χ1v) is 9.99. The molecule has 0 spiro atoms. The lowest BCUT2D eigenvalue weighted by atomic mass is 9.84. The Morgan fingerprint density at radius 2 is 1.84 bits per heavy atom. The van der Waals surface area contributed by atoms with Crippen LogP contribution in [0.1, 0.15) is 26.2 Å². The van der Waals surface area contributed by atoms with Gasteiger partial charge >= 0.3 is 0 Å². The van der Waals surface area contributed by atoms with E-state index in [1.807, 2.05) is 0 Å². The number of carbonyl (C=O) groups is 1. The number of hydrogen-bond acceptors (Lipinski definition) is 4. The van der Waals surface area contributed by atoms with E-state index in [0.29, 0.717) is 24.8 Å². The number of benzene rings is 1. The molecule has 2 rings (SSSR count). The summed E-state index contributed by atoms with van der Waals surface area (Å²) in [5.74, 6) is 0.932. The lowest BCUT2D eigenvalue weighted by molar-refractivity contribution is -0.122. The molecule has 0 aliphatic carbocycles.